The van der Waals surface area contributed by atoms with E-state index in [0.717, 1.165) is 5.56 Å². The molecule has 2 aromatic heterocycles. The number of nitriles is 1. The number of fused-ring (bicyclic) bond motifs is 3. The van der Waals surface area contributed by atoms with E-state index in [1.54, 1.807) is 30.3 Å². The molecular formula is C26H18ClN3O4. The summed E-state index contributed by atoms with van der Waals surface area (Å²) in [5.74, 6) is -0.835. The van der Waals surface area contributed by atoms with Gasteiger partial charge < -0.3 is 19.4 Å². The van der Waals surface area contributed by atoms with Crippen LogP contribution in [-0.2, 0) is 11.2 Å². The molecule has 6 rings (SSSR count). The summed E-state index contributed by atoms with van der Waals surface area (Å²) < 4.78 is 12.3. The van der Waals surface area contributed by atoms with Crippen molar-refractivity contribution in [2.24, 2.45) is 0 Å². The monoisotopic (exact) mass is 471 g/mol. The summed E-state index contributed by atoms with van der Waals surface area (Å²) in [7, 11) is 0. The number of hydrogen-bond donors (Lipinski definition) is 2. The first-order valence-electron chi connectivity index (χ1n) is 10.7. The topological polar surface area (TPSA) is 112 Å². The molecule has 0 radical (unpaired) electrons. The smallest absolute Gasteiger partial charge is 0.200 e. The highest BCUT2D eigenvalue weighted by atomic mass is 35.5. The number of ether oxygens (including phenoxy) is 1. The van der Waals surface area contributed by atoms with Crippen LogP contribution in [0.5, 0.6) is 5.75 Å². The largest absolute Gasteiger partial charge is 0.476 e. The standard InChI is InChI=1S/C26H18ClN3O4/c27-18-12-19-22(30-14-18)25(32)23(31)20(24-29-10-11-33-24)21(16-4-2-1-3-5-16)26(25,34-19)17-8-6-15(13-28)7-9-17/h1-12,14,20-21,23,31-32H/t20-,21+,23-,25-,26+/m1/s1. The second-order valence-electron chi connectivity index (χ2n) is 8.52. The Morgan fingerprint density at radius 1 is 1.06 bits per heavy atom. The minimum absolute atomic E-state index is 0.184. The van der Waals surface area contributed by atoms with Crippen LogP contribution in [0.1, 0.15) is 40.1 Å². The fraction of sp³-hybridized carbons (Fsp3) is 0.192. The lowest BCUT2D eigenvalue weighted by Gasteiger charge is -2.40. The first-order chi connectivity index (χ1) is 16.5. The molecule has 3 heterocycles. The normalized spacial score (nSPS) is 29.2. The number of rotatable bonds is 3. The molecule has 1 fully saturated rings. The zero-order chi connectivity index (χ0) is 23.5. The molecule has 0 amide bonds. The lowest BCUT2D eigenvalue weighted by Crippen LogP contribution is -2.52. The summed E-state index contributed by atoms with van der Waals surface area (Å²) in [6.07, 6.45) is 2.97. The van der Waals surface area contributed by atoms with Crippen molar-refractivity contribution in [3.8, 4) is 11.8 Å². The van der Waals surface area contributed by atoms with Gasteiger partial charge in [0.15, 0.2) is 11.2 Å². The van der Waals surface area contributed by atoms with Gasteiger partial charge in [0, 0.05) is 18.2 Å². The van der Waals surface area contributed by atoms with Gasteiger partial charge in [-0.1, -0.05) is 54.1 Å². The molecule has 0 unspecified atom stereocenters. The molecule has 1 aliphatic carbocycles. The molecule has 0 spiro atoms. The zero-order valence-electron chi connectivity index (χ0n) is 17.7. The van der Waals surface area contributed by atoms with Gasteiger partial charge in [0.25, 0.3) is 0 Å². The van der Waals surface area contributed by atoms with E-state index in [4.69, 9.17) is 20.8 Å². The van der Waals surface area contributed by atoms with Crippen molar-refractivity contribution in [2.45, 2.75) is 29.1 Å². The van der Waals surface area contributed by atoms with E-state index in [0.29, 0.717) is 16.1 Å². The van der Waals surface area contributed by atoms with E-state index < -0.39 is 29.1 Å². The van der Waals surface area contributed by atoms with Crippen LogP contribution in [-0.4, -0.2) is 26.3 Å². The van der Waals surface area contributed by atoms with Gasteiger partial charge in [-0.15, -0.1) is 0 Å². The molecule has 5 atom stereocenters. The maximum Gasteiger partial charge on any atom is 0.200 e. The lowest BCUT2D eigenvalue weighted by atomic mass is 9.71. The molecule has 34 heavy (non-hydrogen) atoms. The highest BCUT2D eigenvalue weighted by Crippen LogP contribution is 2.70. The van der Waals surface area contributed by atoms with Crippen LogP contribution in [0.3, 0.4) is 0 Å². The summed E-state index contributed by atoms with van der Waals surface area (Å²) in [6, 6.07) is 20.0. The first kappa shape index (κ1) is 20.9. The highest BCUT2D eigenvalue weighted by Gasteiger charge is 2.77. The van der Waals surface area contributed by atoms with Crippen LogP contribution in [0.2, 0.25) is 5.02 Å². The van der Waals surface area contributed by atoms with Crippen molar-refractivity contribution in [3.05, 3.63) is 113 Å². The van der Waals surface area contributed by atoms with E-state index in [2.05, 4.69) is 16.0 Å². The molecule has 8 heteroatoms. The Bertz CT molecular complexity index is 1400. The van der Waals surface area contributed by atoms with Gasteiger partial charge in [-0.3, -0.25) is 4.98 Å². The third-order valence-corrected chi connectivity index (χ3v) is 7.13. The van der Waals surface area contributed by atoms with E-state index in [1.165, 1.54) is 18.7 Å². The Hall–Kier alpha value is -3.70. The molecule has 7 nitrogen and oxygen atoms in total. The Balaban J connectivity index is 1.70. The fourth-order valence-corrected chi connectivity index (χ4v) is 5.75. The SMILES string of the molecule is N#Cc1ccc([C@@]23Oc4cc(Cl)cnc4[C@@]2(O)[C@H](O)[C@H](c2ncco2)[C@@H]3c2ccccc2)cc1. The maximum absolute atomic E-state index is 12.5. The number of hydrogen-bond acceptors (Lipinski definition) is 7. The van der Waals surface area contributed by atoms with Gasteiger partial charge >= 0.3 is 0 Å². The van der Waals surface area contributed by atoms with Crippen molar-refractivity contribution in [3.63, 3.8) is 0 Å². The Labute approximate surface area is 199 Å². The number of halogens is 1. The second kappa shape index (κ2) is 7.40. The number of pyridine rings is 1. The fourth-order valence-electron chi connectivity index (χ4n) is 5.60. The molecule has 2 aromatic carbocycles. The first-order valence-corrected chi connectivity index (χ1v) is 11.1. The van der Waals surface area contributed by atoms with Crippen LogP contribution < -0.4 is 4.74 Å². The zero-order valence-corrected chi connectivity index (χ0v) is 18.4. The van der Waals surface area contributed by atoms with E-state index in [9.17, 15) is 15.5 Å². The van der Waals surface area contributed by atoms with Crippen LogP contribution in [0.25, 0.3) is 0 Å². The molecule has 0 saturated heterocycles. The molecule has 168 valence electrons. The number of aliphatic hydroxyl groups is 2. The summed E-state index contributed by atoms with van der Waals surface area (Å²) in [6.45, 7) is 0. The van der Waals surface area contributed by atoms with Gasteiger partial charge in [0.05, 0.1) is 28.8 Å². The number of aliphatic hydroxyl groups excluding tert-OH is 1. The maximum atomic E-state index is 12.5. The third-order valence-electron chi connectivity index (χ3n) is 6.92. The van der Waals surface area contributed by atoms with Crippen molar-refractivity contribution in [1.82, 2.24) is 9.97 Å². The Kier molecular flexibility index (Phi) is 4.55. The second-order valence-corrected chi connectivity index (χ2v) is 8.96. The minimum Gasteiger partial charge on any atom is -0.476 e. The van der Waals surface area contributed by atoms with Crippen molar-refractivity contribution < 1.29 is 19.4 Å². The Morgan fingerprint density at radius 3 is 2.50 bits per heavy atom. The predicted octanol–water partition coefficient (Wildman–Crippen LogP) is 4.01. The van der Waals surface area contributed by atoms with Crippen LogP contribution in [0, 0.1) is 11.3 Å². The van der Waals surface area contributed by atoms with Crippen LogP contribution >= 0.6 is 11.6 Å². The molecular weight excluding hydrogens is 454 g/mol. The molecule has 1 aliphatic heterocycles. The van der Waals surface area contributed by atoms with Crippen molar-refractivity contribution >= 4 is 11.6 Å². The van der Waals surface area contributed by atoms with E-state index in [-0.39, 0.29) is 17.3 Å². The van der Waals surface area contributed by atoms with Gasteiger partial charge in [-0.2, -0.15) is 5.26 Å². The summed E-state index contributed by atoms with van der Waals surface area (Å²) >= 11 is 6.21. The number of oxazole rings is 1. The average Bonchev–Trinajstić information content (AvgIpc) is 3.52. The predicted molar refractivity (Wildman–Crippen MR) is 121 cm³/mol. The summed E-state index contributed by atoms with van der Waals surface area (Å²) in [5, 5.41) is 33.9. The van der Waals surface area contributed by atoms with Gasteiger partial charge in [0.2, 0.25) is 5.89 Å². The highest BCUT2D eigenvalue weighted by molar-refractivity contribution is 6.30. The van der Waals surface area contributed by atoms with Gasteiger partial charge in [-0.25, -0.2) is 4.98 Å². The molecule has 2 aliphatic rings. The van der Waals surface area contributed by atoms with E-state index >= 15 is 0 Å². The molecule has 1 saturated carbocycles. The van der Waals surface area contributed by atoms with Crippen molar-refractivity contribution in [2.75, 3.05) is 0 Å². The average molecular weight is 472 g/mol. The number of aromatic nitrogens is 2. The minimum atomic E-state index is -1.97. The summed E-state index contributed by atoms with van der Waals surface area (Å²) in [5.41, 5.74) is -1.46. The molecule has 4 aromatic rings. The lowest BCUT2D eigenvalue weighted by molar-refractivity contribution is -0.152. The Morgan fingerprint density at radius 2 is 1.82 bits per heavy atom. The van der Waals surface area contributed by atoms with Crippen molar-refractivity contribution in [1.29, 1.82) is 5.26 Å². The molecule has 2 N–H and O–H groups in total. The van der Waals surface area contributed by atoms with Crippen LogP contribution in [0.15, 0.2) is 83.7 Å². The molecule has 0 bridgehead atoms. The quantitative estimate of drug-likeness (QED) is 0.464. The number of benzene rings is 2. The van der Waals surface area contributed by atoms with Crippen LogP contribution in [0.4, 0.5) is 0 Å². The van der Waals surface area contributed by atoms with Gasteiger partial charge in [0.1, 0.15) is 23.8 Å². The third kappa shape index (κ3) is 2.59. The van der Waals surface area contributed by atoms with E-state index in [1.807, 2.05) is 30.3 Å². The number of nitrogens with zero attached hydrogens (tertiary/aromatic N) is 3. The summed E-state index contributed by atoms with van der Waals surface area (Å²) in [4.78, 5) is 8.73. The van der Waals surface area contributed by atoms with Gasteiger partial charge in [-0.05, 0) is 23.3 Å².